The molecule has 8 heavy (non-hydrogen) atoms. The summed E-state index contributed by atoms with van der Waals surface area (Å²) in [5.41, 5.74) is 5.03. The zero-order valence-electron chi connectivity index (χ0n) is 5.39. The monoisotopic (exact) mass is 116 g/mol. The van der Waals surface area contributed by atoms with Crippen LogP contribution in [0.5, 0.6) is 0 Å². The molecule has 0 fully saturated rings. The van der Waals surface area contributed by atoms with E-state index in [2.05, 4.69) is 13.5 Å². The molecule has 0 aliphatic rings. The van der Waals surface area contributed by atoms with Crippen LogP contribution in [0.4, 0.5) is 0 Å². The zero-order chi connectivity index (χ0) is 6.83. The van der Waals surface area contributed by atoms with Gasteiger partial charge in [0.05, 0.1) is 0 Å². The van der Waals surface area contributed by atoms with Gasteiger partial charge >= 0.3 is 0 Å². The first kappa shape index (κ1) is 10.6. The Balaban J connectivity index is 0. The zero-order valence-corrected chi connectivity index (χ0v) is 5.39. The molecular weight excluding hydrogens is 102 g/mol. The molecule has 0 aliphatic heterocycles. The molecule has 49 valence electrons. The molecule has 2 nitrogen and oxygen atoms in total. The Morgan fingerprint density at radius 1 is 1.75 bits per heavy atom. The van der Waals surface area contributed by atoms with Gasteiger partial charge in [-0.25, -0.2) is 5.11 Å². The van der Waals surface area contributed by atoms with Crippen molar-refractivity contribution >= 4 is 0 Å². The first-order chi connectivity index (χ1) is 3.83. The summed E-state index contributed by atoms with van der Waals surface area (Å²) in [5, 5.41) is 9.18. The largest absolute Gasteiger partial charge is 0.330 e. The van der Waals surface area contributed by atoms with Crippen molar-refractivity contribution in [3.8, 4) is 0 Å². The van der Waals surface area contributed by atoms with Crippen LogP contribution in [0.25, 0.3) is 0 Å². The summed E-state index contributed by atoms with van der Waals surface area (Å²) < 4.78 is 0. The summed E-state index contributed by atoms with van der Waals surface area (Å²) in [7, 11) is 0. The second-order valence-electron chi connectivity index (χ2n) is 1.24. The van der Waals surface area contributed by atoms with Gasteiger partial charge in [0.15, 0.2) is 0 Å². The molecule has 0 amide bonds. The lowest BCUT2D eigenvalue weighted by Crippen LogP contribution is -1.93. The third kappa shape index (κ3) is 44.6. The van der Waals surface area contributed by atoms with Crippen LogP contribution in [0.15, 0.2) is 12.7 Å². The second kappa shape index (κ2) is 15.9. The molecule has 0 atom stereocenters. The van der Waals surface area contributed by atoms with E-state index in [-0.39, 0.29) is 6.61 Å². The van der Waals surface area contributed by atoms with Crippen molar-refractivity contribution < 1.29 is 5.11 Å². The van der Waals surface area contributed by atoms with Crippen molar-refractivity contribution in [1.82, 2.24) is 0 Å². The molecule has 1 radical (unpaired) electrons. The fourth-order valence-corrected chi connectivity index (χ4v) is 0. The van der Waals surface area contributed by atoms with Gasteiger partial charge in [-0.2, -0.15) is 0 Å². The lowest BCUT2D eigenvalue weighted by molar-refractivity contribution is 0.232. The maximum atomic E-state index is 9.18. The highest BCUT2D eigenvalue weighted by Crippen LogP contribution is 1.57. The van der Waals surface area contributed by atoms with Crippen LogP contribution in [0.3, 0.4) is 0 Å². The number of nitrogens with two attached hydrogens (primary N) is 1. The molecule has 0 heterocycles. The van der Waals surface area contributed by atoms with E-state index in [0.717, 1.165) is 13.0 Å². The van der Waals surface area contributed by atoms with Crippen LogP contribution >= 0.6 is 0 Å². The quantitative estimate of drug-likeness (QED) is 0.536. The minimum atomic E-state index is -0.167. The summed E-state index contributed by atoms with van der Waals surface area (Å²) in [6, 6.07) is 0. The van der Waals surface area contributed by atoms with E-state index < -0.39 is 0 Å². The lowest BCUT2D eigenvalue weighted by Gasteiger charge is -1.70. The predicted molar refractivity (Wildman–Crippen MR) is 35.1 cm³/mol. The summed E-state index contributed by atoms with van der Waals surface area (Å²) in [4.78, 5) is 0. The van der Waals surface area contributed by atoms with Crippen LogP contribution in [0.2, 0.25) is 0 Å². The molecule has 0 aromatic carbocycles. The normalized spacial score (nSPS) is 6.88. The van der Waals surface area contributed by atoms with Crippen molar-refractivity contribution in [3.05, 3.63) is 12.7 Å². The first-order valence-electron chi connectivity index (χ1n) is 2.72. The Hall–Kier alpha value is -0.340. The second-order valence-corrected chi connectivity index (χ2v) is 1.24. The minimum Gasteiger partial charge on any atom is -0.330 e. The molecule has 2 heteroatoms. The van der Waals surface area contributed by atoms with Crippen molar-refractivity contribution in [3.63, 3.8) is 0 Å². The molecule has 2 N–H and O–H groups in total. The number of hydrogen-bond donors (Lipinski definition) is 1. The van der Waals surface area contributed by atoms with E-state index in [1.165, 1.54) is 6.08 Å². The van der Waals surface area contributed by atoms with Gasteiger partial charge in [0.1, 0.15) is 6.61 Å². The van der Waals surface area contributed by atoms with E-state index >= 15 is 0 Å². The fourth-order valence-electron chi connectivity index (χ4n) is 0. The lowest BCUT2D eigenvalue weighted by atomic mass is 10.5. The van der Waals surface area contributed by atoms with Gasteiger partial charge in [-0.1, -0.05) is 13.0 Å². The third-order valence-electron chi connectivity index (χ3n) is 0.407. The van der Waals surface area contributed by atoms with E-state index in [9.17, 15) is 5.11 Å². The summed E-state index contributed by atoms with van der Waals surface area (Å²) in [5.74, 6) is 0. The van der Waals surface area contributed by atoms with Crippen LogP contribution in [-0.4, -0.2) is 13.2 Å². The Labute approximate surface area is 51.0 Å². The van der Waals surface area contributed by atoms with Gasteiger partial charge in [-0.3, -0.25) is 0 Å². The third-order valence-corrected chi connectivity index (χ3v) is 0.407. The molecule has 0 saturated heterocycles. The molecule has 0 rings (SSSR count). The van der Waals surface area contributed by atoms with Crippen molar-refractivity contribution in [2.24, 2.45) is 5.73 Å². The molecule has 0 aromatic heterocycles. The highest BCUT2D eigenvalue weighted by atomic mass is 16.2. The van der Waals surface area contributed by atoms with Crippen LogP contribution in [0.1, 0.15) is 13.3 Å². The van der Waals surface area contributed by atoms with E-state index in [1.54, 1.807) is 0 Å². The topological polar surface area (TPSA) is 45.9 Å². The number of hydrogen-bond acceptors (Lipinski definition) is 1. The van der Waals surface area contributed by atoms with E-state index in [4.69, 9.17) is 5.73 Å². The fraction of sp³-hybridized carbons (Fsp3) is 0.667. The summed E-state index contributed by atoms with van der Waals surface area (Å²) in [6.07, 6.45) is 2.42. The van der Waals surface area contributed by atoms with Crippen molar-refractivity contribution in [1.29, 1.82) is 0 Å². The highest BCUT2D eigenvalue weighted by molar-refractivity contribution is 4.60. The van der Waals surface area contributed by atoms with Gasteiger partial charge in [0, 0.05) is 0 Å². The van der Waals surface area contributed by atoms with Gasteiger partial charge < -0.3 is 5.73 Å². The number of rotatable bonds is 2. The Bertz CT molecular complexity index is 35.5. The molecule has 0 saturated carbocycles. The predicted octanol–water partition coefficient (Wildman–Crippen LogP) is 0.958. The smallest absolute Gasteiger partial charge is 0.100 e. The molecule has 0 aliphatic carbocycles. The molecule has 0 bridgehead atoms. The Morgan fingerprint density at radius 2 is 2.00 bits per heavy atom. The van der Waals surface area contributed by atoms with Gasteiger partial charge in [-0.05, 0) is 13.0 Å². The summed E-state index contributed by atoms with van der Waals surface area (Å²) in [6.45, 7) is 5.88. The highest BCUT2D eigenvalue weighted by Gasteiger charge is 1.55. The van der Waals surface area contributed by atoms with Crippen molar-refractivity contribution in [2.75, 3.05) is 13.2 Å². The summed E-state index contributed by atoms with van der Waals surface area (Å²) >= 11 is 0. The van der Waals surface area contributed by atoms with Gasteiger partial charge in [0.25, 0.3) is 0 Å². The van der Waals surface area contributed by atoms with Crippen LogP contribution < -0.4 is 5.73 Å². The maximum absolute atomic E-state index is 9.18. The van der Waals surface area contributed by atoms with Crippen molar-refractivity contribution in [2.45, 2.75) is 13.3 Å². The molecule has 0 spiro atoms. The molecule has 0 aromatic rings. The van der Waals surface area contributed by atoms with Crippen LogP contribution in [0, 0.1) is 0 Å². The Morgan fingerprint density at radius 3 is 2.00 bits per heavy atom. The minimum absolute atomic E-state index is 0.167. The average molecular weight is 116 g/mol. The average Bonchev–Trinajstić information content (AvgIpc) is 1.88. The molecular formula is C6H14NO. The van der Waals surface area contributed by atoms with Gasteiger partial charge in [-0.15, -0.1) is 6.58 Å². The SMILES string of the molecule is C=CC[O].CCCN. The maximum Gasteiger partial charge on any atom is 0.100 e. The van der Waals surface area contributed by atoms with E-state index in [0.29, 0.717) is 0 Å². The van der Waals surface area contributed by atoms with E-state index in [1.807, 2.05) is 0 Å². The first-order valence-corrected chi connectivity index (χ1v) is 2.72. The Kier molecular flexibility index (Phi) is 21.1. The standard InChI is InChI=1S/C3H9N.C3H5O/c2*1-2-3-4/h2-4H2,1H3;2H,1,3H2. The van der Waals surface area contributed by atoms with Crippen LogP contribution in [-0.2, 0) is 5.11 Å². The van der Waals surface area contributed by atoms with Gasteiger partial charge in [0.2, 0.25) is 0 Å². The molecule has 0 unspecified atom stereocenters.